The third kappa shape index (κ3) is 6.71. The molecular weight excluding hydrogens is 246 g/mol. The third-order valence-electron chi connectivity index (χ3n) is 1.55. The van der Waals surface area contributed by atoms with Gasteiger partial charge in [-0.1, -0.05) is 48.1 Å². The number of carbonyl (C=O) groups is 1. The standard InChI is InChI=1S/C8H15Cl3N2O/c1-3-4-5-12-7(8(9,10)11)13-6(2)14/h7,12H,3-5H2,1-2H3,(H,13,14). The van der Waals surface area contributed by atoms with Crippen LogP contribution in [0, 0.1) is 0 Å². The van der Waals surface area contributed by atoms with Crippen LogP contribution in [-0.2, 0) is 4.79 Å². The molecule has 0 radical (unpaired) electrons. The van der Waals surface area contributed by atoms with Gasteiger partial charge in [0, 0.05) is 6.92 Å². The van der Waals surface area contributed by atoms with E-state index in [1.807, 2.05) is 0 Å². The van der Waals surface area contributed by atoms with Crippen LogP contribution in [-0.4, -0.2) is 22.4 Å². The second kappa shape index (κ2) is 6.72. The van der Waals surface area contributed by atoms with E-state index in [-0.39, 0.29) is 5.91 Å². The summed E-state index contributed by atoms with van der Waals surface area (Å²) in [6.45, 7) is 4.14. The molecule has 14 heavy (non-hydrogen) atoms. The largest absolute Gasteiger partial charge is 0.337 e. The Morgan fingerprint density at radius 1 is 1.43 bits per heavy atom. The van der Waals surface area contributed by atoms with Crippen molar-refractivity contribution < 1.29 is 4.79 Å². The Morgan fingerprint density at radius 3 is 2.36 bits per heavy atom. The first kappa shape index (κ1) is 14.3. The zero-order valence-electron chi connectivity index (χ0n) is 8.24. The molecule has 0 aromatic heterocycles. The number of hydrogen-bond donors (Lipinski definition) is 2. The number of hydrogen-bond acceptors (Lipinski definition) is 2. The molecule has 1 unspecified atom stereocenters. The first-order chi connectivity index (χ1) is 6.38. The van der Waals surface area contributed by atoms with Gasteiger partial charge < -0.3 is 5.32 Å². The fourth-order valence-electron chi connectivity index (χ4n) is 0.875. The zero-order chi connectivity index (χ0) is 11.2. The highest BCUT2D eigenvalue weighted by Crippen LogP contribution is 2.28. The van der Waals surface area contributed by atoms with Crippen molar-refractivity contribution in [2.45, 2.75) is 36.6 Å². The second-order valence-electron chi connectivity index (χ2n) is 2.98. The molecule has 0 aliphatic rings. The predicted octanol–water partition coefficient (Wildman–Crippen LogP) is 2.21. The minimum absolute atomic E-state index is 0.231. The Bertz CT molecular complexity index is 182. The summed E-state index contributed by atoms with van der Waals surface area (Å²) in [5.41, 5.74) is 0. The van der Waals surface area contributed by atoms with E-state index in [4.69, 9.17) is 34.8 Å². The average molecular weight is 262 g/mol. The van der Waals surface area contributed by atoms with Crippen molar-refractivity contribution in [1.82, 2.24) is 10.6 Å². The lowest BCUT2D eigenvalue weighted by molar-refractivity contribution is -0.119. The van der Waals surface area contributed by atoms with Crippen LogP contribution in [0.3, 0.4) is 0 Å². The number of nitrogens with one attached hydrogen (secondary N) is 2. The van der Waals surface area contributed by atoms with E-state index in [1.165, 1.54) is 6.92 Å². The summed E-state index contributed by atoms with van der Waals surface area (Å²) in [6.07, 6.45) is 1.37. The number of unbranched alkanes of at least 4 members (excludes halogenated alkanes) is 1. The summed E-state index contributed by atoms with van der Waals surface area (Å²) < 4.78 is -1.53. The summed E-state index contributed by atoms with van der Waals surface area (Å²) in [7, 11) is 0. The van der Waals surface area contributed by atoms with Crippen molar-refractivity contribution in [2.75, 3.05) is 6.54 Å². The van der Waals surface area contributed by atoms with Crippen LogP contribution >= 0.6 is 34.8 Å². The van der Waals surface area contributed by atoms with Crippen LogP contribution in [0.2, 0.25) is 0 Å². The van der Waals surface area contributed by atoms with Crippen LogP contribution in [0.4, 0.5) is 0 Å². The lowest BCUT2D eigenvalue weighted by Gasteiger charge is -2.25. The lowest BCUT2D eigenvalue weighted by atomic mass is 10.3. The number of halogens is 3. The minimum atomic E-state index is -1.53. The Balaban J connectivity index is 4.05. The van der Waals surface area contributed by atoms with E-state index >= 15 is 0 Å². The fraction of sp³-hybridized carbons (Fsp3) is 0.875. The van der Waals surface area contributed by atoms with Crippen LogP contribution in [0.25, 0.3) is 0 Å². The van der Waals surface area contributed by atoms with Gasteiger partial charge in [0.1, 0.15) is 6.17 Å². The summed E-state index contributed by atoms with van der Waals surface area (Å²) in [4.78, 5) is 10.8. The molecule has 0 saturated heterocycles. The minimum Gasteiger partial charge on any atom is -0.337 e. The van der Waals surface area contributed by atoms with Crippen molar-refractivity contribution in [3.05, 3.63) is 0 Å². The van der Waals surface area contributed by atoms with Gasteiger partial charge in [0.2, 0.25) is 9.70 Å². The van der Waals surface area contributed by atoms with Gasteiger partial charge in [-0.05, 0) is 13.0 Å². The van der Waals surface area contributed by atoms with E-state index < -0.39 is 9.96 Å². The van der Waals surface area contributed by atoms with E-state index in [1.54, 1.807) is 0 Å². The van der Waals surface area contributed by atoms with E-state index in [0.29, 0.717) is 6.54 Å². The Hall–Kier alpha value is 0.300. The topological polar surface area (TPSA) is 41.1 Å². The molecule has 0 fully saturated rings. The van der Waals surface area contributed by atoms with Gasteiger partial charge in [0.05, 0.1) is 0 Å². The first-order valence-electron chi connectivity index (χ1n) is 4.45. The monoisotopic (exact) mass is 260 g/mol. The number of carbonyl (C=O) groups excluding carboxylic acids is 1. The van der Waals surface area contributed by atoms with Crippen LogP contribution in [0.15, 0.2) is 0 Å². The van der Waals surface area contributed by atoms with Crippen LogP contribution < -0.4 is 10.6 Å². The quantitative estimate of drug-likeness (QED) is 0.453. The molecule has 0 aliphatic carbocycles. The fourth-order valence-corrected chi connectivity index (χ4v) is 1.27. The van der Waals surface area contributed by atoms with Crippen LogP contribution in [0.1, 0.15) is 26.7 Å². The van der Waals surface area contributed by atoms with Crippen molar-refractivity contribution in [3.63, 3.8) is 0 Å². The van der Waals surface area contributed by atoms with Gasteiger partial charge >= 0.3 is 0 Å². The maximum absolute atomic E-state index is 10.8. The Labute approximate surface area is 99.5 Å². The molecule has 1 atom stereocenters. The smallest absolute Gasteiger partial charge is 0.223 e. The molecule has 0 rings (SSSR count). The van der Waals surface area contributed by atoms with Crippen molar-refractivity contribution in [3.8, 4) is 0 Å². The summed E-state index contributed by atoms with van der Waals surface area (Å²) >= 11 is 17.0. The van der Waals surface area contributed by atoms with E-state index in [0.717, 1.165) is 12.8 Å². The maximum atomic E-state index is 10.8. The van der Waals surface area contributed by atoms with Gasteiger partial charge in [-0.3, -0.25) is 10.1 Å². The normalized spacial score (nSPS) is 13.8. The Kier molecular flexibility index (Phi) is 6.87. The third-order valence-corrected chi connectivity index (χ3v) is 2.21. The number of alkyl halides is 3. The molecule has 0 saturated carbocycles. The summed E-state index contributed by atoms with van der Waals surface area (Å²) in [5.74, 6) is -0.231. The lowest BCUT2D eigenvalue weighted by Crippen LogP contribution is -2.53. The molecule has 2 N–H and O–H groups in total. The molecule has 3 nitrogen and oxygen atoms in total. The second-order valence-corrected chi connectivity index (χ2v) is 5.35. The molecule has 0 bridgehead atoms. The number of amides is 1. The first-order valence-corrected chi connectivity index (χ1v) is 5.58. The summed E-state index contributed by atoms with van der Waals surface area (Å²) in [6, 6.07) is 0. The average Bonchev–Trinajstić information content (AvgIpc) is 2.00. The van der Waals surface area contributed by atoms with Crippen molar-refractivity contribution in [1.29, 1.82) is 0 Å². The van der Waals surface area contributed by atoms with Crippen molar-refractivity contribution >= 4 is 40.7 Å². The predicted molar refractivity (Wildman–Crippen MR) is 60.8 cm³/mol. The van der Waals surface area contributed by atoms with Crippen molar-refractivity contribution in [2.24, 2.45) is 0 Å². The van der Waals surface area contributed by atoms with E-state index in [9.17, 15) is 4.79 Å². The van der Waals surface area contributed by atoms with Gasteiger partial charge in [-0.15, -0.1) is 0 Å². The Morgan fingerprint density at radius 2 is 2.00 bits per heavy atom. The molecule has 0 aromatic rings. The van der Waals surface area contributed by atoms with Gasteiger partial charge in [-0.2, -0.15) is 0 Å². The molecule has 84 valence electrons. The highest BCUT2D eigenvalue weighted by atomic mass is 35.6. The molecule has 0 aliphatic heterocycles. The highest BCUT2D eigenvalue weighted by molar-refractivity contribution is 6.68. The molecule has 1 amide bonds. The molecule has 0 aromatic carbocycles. The molecular formula is C8H15Cl3N2O. The van der Waals surface area contributed by atoms with Gasteiger partial charge in [0.25, 0.3) is 0 Å². The molecule has 0 heterocycles. The SMILES string of the molecule is CCCCNC(NC(C)=O)C(Cl)(Cl)Cl. The summed E-state index contributed by atoms with van der Waals surface area (Å²) in [5, 5.41) is 5.50. The highest BCUT2D eigenvalue weighted by Gasteiger charge is 2.32. The van der Waals surface area contributed by atoms with Gasteiger partial charge in [-0.25, -0.2) is 0 Å². The zero-order valence-corrected chi connectivity index (χ0v) is 10.5. The number of rotatable bonds is 5. The van der Waals surface area contributed by atoms with Crippen LogP contribution in [0.5, 0.6) is 0 Å². The van der Waals surface area contributed by atoms with E-state index in [2.05, 4.69) is 17.6 Å². The molecule has 0 spiro atoms. The molecule has 6 heteroatoms. The maximum Gasteiger partial charge on any atom is 0.223 e. The van der Waals surface area contributed by atoms with Gasteiger partial charge in [0.15, 0.2) is 0 Å².